The van der Waals surface area contributed by atoms with E-state index in [0.717, 1.165) is 56.5 Å². The van der Waals surface area contributed by atoms with Crippen molar-refractivity contribution in [2.45, 2.75) is 58.5 Å². The lowest BCUT2D eigenvalue weighted by molar-refractivity contribution is -0.0436. The van der Waals surface area contributed by atoms with Gasteiger partial charge in [-0.2, -0.15) is 13.2 Å². The van der Waals surface area contributed by atoms with Crippen LogP contribution in [0.5, 0.6) is 0 Å². The number of hydrogen-bond acceptors (Lipinski definition) is 13. The Labute approximate surface area is 469 Å². The minimum Gasteiger partial charge on any atom is -0.395 e. The Morgan fingerprint density at radius 1 is 0.747 bits per heavy atom. The van der Waals surface area contributed by atoms with E-state index < -0.39 is 41.2 Å². The Balaban J connectivity index is 0.892. The summed E-state index contributed by atoms with van der Waals surface area (Å²) in [4.78, 5) is 24.3. The number of aliphatic hydroxyl groups is 2. The highest BCUT2D eigenvalue weighted by molar-refractivity contribution is 7.99. The fourth-order valence-electron chi connectivity index (χ4n) is 10.5. The molecule has 4 heterocycles. The van der Waals surface area contributed by atoms with Crippen LogP contribution in [0, 0.1) is 6.92 Å². The fourth-order valence-corrected chi connectivity index (χ4v) is 13.8. The number of sulfone groups is 1. The number of carbonyl (C=O) groups is 1. The number of carbonyl (C=O) groups excluding carboxylic acids is 1. The van der Waals surface area contributed by atoms with Crippen molar-refractivity contribution in [3.05, 3.63) is 138 Å². The van der Waals surface area contributed by atoms with Crippen LogP contribution in [0.2, 0.25) is 5.02 Å². The summed E-state index contributed by atoms with van der Waals surface area (Å²) < 4.78 is 102. The van der Waals surface area contributed by atoms with Crippen molar-refractivity contribution in [1.82, 2.24) is 19.3 Å². The first-order chi connectivity index (χ1) is 37.8. The van der Waals surface area contributed by atoms with Crippen molar-refractivity contribution in [1.29, 1.82) is 0 Å². The molecule has 79 heavy (non-hydrogen) atoms. The van der Waals surface area contributed by atoms with Crippen LogP contribution < -0.4 is 19.8 Å². The maximum atomic E-state index is 14.6. The van der Waals surface area contributed by atoms with Crippen molar-refractivity contribution in [2.24, 2.45) is 7.05 Å². The molecule has 1 amide bonds. The largest absolute Gasteiger partial charge is 0.501 e. The molecule has 1 atom stereocenters. The van der Waals surface area contributed by atoms with E-state index in [1.807, 2.05) is 85.6 Å². The number of sulfonamides is 1. The highest BCUT2D eigenvalue weighted by Gasteiger charge is 2.48. The van der Waals surface area contributed by atoms with E-state index in [0.29, 0.717) is 120 Å². The molecule has 0 unspecified atom stereocenters. The molecule has 0 aliphatic carbocycles. The van der Waals surface area contributed by atoms with Crippen molar-refractivity contribution in [3.63, 3.8) is 0 Å². The van der Waals surface area contributed by atoms with Crippen LogP contribution in [0.1, 0.15) is 35.3 Å². The number of thioether (sulfide) groups is 1. The van der Waals surface area contributed by atoms with Crippen LogP contribution in [0.3, 0.4) is 0 Å². The van der Waals surface area contributed by atoms with E-state index in [1.54, 1.807) is 24.3 Å². The highest BCUT2D eigenvalue weighted by atomic mass is 35.5. The molecule has 22 heteroatoms. The first-order valence-electron chi connectivity index (χ1n) is 26.4. The minimum atomic E-state index is -6.03. The van der Waals surface area contributed by atoms with Crippen LogP contribution in [0.25, 0.3) is 22.4 Å². The molecular formula is C57H66ClF3N8O7S3. The van der Waals surface area contributed by atoms with Crippen LogP contribution >= 0.6 is 23.4 Å². The van der Waals surface area contributed by atoms with E-state index in [4.69, 9.17) is 11.6 Å². The Hall–Kier alpha value is -5.78. The molecule has 15 nitrogen and oxygen atoms in total. The number of β-amino-alcohol motifs (C(OH)–C–C–N with tert-alkyl or cyclic N) is 1. The van der Waals surface area contributed by atoms with Crippen molar-refractivity contribution >= 4 is 71.9 Å². The van der Waals surface area contributed by atoms with Gasteiger partial charge in [0.2, 0.25) is 0 Å². The second-order valence-corrected chi connectivity index (χ2v) is 25.3. The number of aromatic nitrogens is 1. The molecule has 0 spiro atoms. The Morgan fingerprint density at radius 3 is 2.04 bits per heavy atom. The van der Waals surface area contributed by atoms with Gasteiger partial charge in [0.25, 0.3) is 25.8 Å². The molecule has 3 saturated heterocycles. The average Bonchev–Trinajstić information content (AvgIpc) is 4.02. The number of piperidine rings is 1. The normalized spacial score (nSPS) is 16.8. The molecule has 6 aromatic rings. The summed E-state index contributed by atoms with van der Waals surface area (Å²) in [5, 5.41) is 23.2. The van der Waals surface area contributed by atoms with Gasteiger partial charge in [-0.3, -0.25) is 14.4 Å². The van der Waals surface area contributed by atoms with Gasteiger partial charge in [-0.05, 0) is 116 Å². The third kappa shape index (κ3) is 13.5. The lowest BCUT2D eigenvalue weighted by Gasteiger charge is -2.37. The van der Waals surface area contributed by atoms with Gasteiger partial charge in [0.15, 0.2) is 0 Å². The Kier molecular flexibility index (Phi) is 18.3. The Bertz CT molecular complexity index is 3300. The summed E-state index contributed by atoms with van der Waals surface area (Å²) in [7, 11) is -8.66. The highest BCUT2D eigenvalue weighted by Crippen LogP contribution is 2.42. The summed E-state index contributed by atoms with van der Waals surface area (Å²) in [6, 6.07) is 34.0. The van der Waals surface area contributed by atoms with Gasteiger partial charge < -0.3 is 39.7 Å². The molecule has 422 valence electrons. The summed E-state index contributed by atoms with van der Waals surface area (Å²) >= 11 is 7.79. The fraction of sp³-hybridized carbons (Fsp3) is 0.386. The summed E-state index contributed by atoms with van der Waals surface area (Å²) in [5.41, 5.74) is 0.866. The number of nitrogens with zero attached hydrogens (tertiary/aromatic N) is 6. The van der Waals surface area contributed by atoms with Gasteiger partial charge >= 0.3 is 5.51 Å². The van der Waals surface area contributed by atoms with E-state index >= 15 is 0 Å². The number of rotatable bonds is 19. The standard InChI is InChI=1S/C57H66ClF3N8O7S3/c1-40-53(56(72)69-29-27-66(28-30-69)35-36-70)54(55(64(40)2)41-11-13-43(58)14-12-41)42-7-6-8-47(37-42)68-33-31-67(32-34-68)46-17-15-44(16-18-46)63-79(75,76)50-19-20-51(52(38-50)78(73,74)57(59,60)61)62-45(39-77-49-9-4-3-5-10-49)21-24-65-25-22-48(71)23-26-65/h3-20,37-38,45,48,62-63,70-71H,21-36,39H2,1-2H3/t45-/m1/s1. The van der Waals surface area contributed by atoms with Gasteiger partial charge in [0.1, 0.15) is 4.90 Å². The number of anilines is 4. The molecule has 0 bridgehead atoms. The second-order valence-electron chi connectivity index (χ2n) is 20.2. The van der Waals surface area contributed by atoms with Gasteiger partial charge in [-0.15, -0.1) is 11.8 Å². The van der Waals surface area contributed by atoms with Crippen LogP contribution in [0.4, 0.5) is 35.9 Å². The van der Waals surface area contributed by atoms with E-state index in [-0.39, 0.29) is 30.0 Å². The molecule has 9 rings (SSSR count). The number of hydrogen-bond donors (Lipinski definition) is 4. The molecule has 3 aliphatic rings. The van der Waals surface area contributed by atoms with E-state index in [9.17, 15) is 45.0 Å². The summed E-state index contributed by atoms with van der Waals surface area (Å²) in [6.45, 7) is 9.41. The number of likely N-dealkylation sites (tertiary alicyclic amines) is 1. The lowest BCUT2D eigenvalue weighted by Crippen LogP contribution is -2.49. The summed E-state index contributed by atoms with van der Waals surface area (Å²) in [5.74, 6) is 0.325. The zero-order valence-electron chi connectivity index (χ0n) is 44.1. The maximum absolute atomic E-state index is 14.6. The zero-order valence-corrected chi connectivity index (χ0v) is 47.3. The number of alkyl halides is 3. The minimum absolute atomic E-state index is 0.0431. The molecule has 3 fully saturated rings. The SMILES string of the molecule is Cc1c(C(=O)N2CCN(CCO)CC2)c(-c2cccc(N3CCN(c4ccc(NS(=O)(=O)c5ccc(N[C@H](CCN6CCC(O)CC6)CSc6ccccc6)c(S(=O)(=O)C(F)(F)F)c5)cc4)CC3)c2)c(-c2ccc(Cl)cc2)n1C. The number of benzene rings is 5. The summed E-state index contributed by atoms with van der Waals surface area (Å²) in [6.07, 6.45) is 1.24. The smallest absolute Gasteiger partial charge is 0.395 e. The van der Waals surface area contributed by atoms with Gasteiger partial charge in [-0.1, -0.05) is 54.1 Å². The molecule has 1 aromatic heterocycles. The van der Waals surface area contributed by atoms with Crippen molar-refractivity contribution < 1.29 is 45.0 Å². The molecular weight excluding hydrogens is 1100 g/mol. The van der Waals surface area contributed by atoms with Crippen LogP contribution in [-0.2, 0) is 26.9 Å². The second kappa shape index (κ2) is 24.9. The molecule has 0 saturated carbocycles. The predicted octanol–water partition coefficient (Wildman–Crippen LogP) is 8.91. The first-order valence-corrected chi connectivity index (χ1v) is 30.7. The number of amides is 1. The lowest BCUT2D eigenvalue weighted by atomic mass is 9.95. The van der Waals surface area contributed by atoms with Crippen molar-refractivity contribution in [2.75, 3.05) is 111 Å². The molecule has 3 aliphatic heterocycles. The molecule has 0 radical (unpaired) electrons. The topological polar surface area (TPSA) is 171 Å². The number of nitrogens with one attached hydrogen (secondary N) is 2. The quantitative estimate of drug-likeness (QED) is 0.0568. The van der Waals surface area contributed by atoms with Crippen molar-refractivity contribution in [3.8, 4) is 22.4 Å². The predicted molar refractivity (Wildman–Crippen MR) is 308 cm³/mol. The monoisotopic (exact) mass is 1160 g/mol. The van der Waals surface area contributed by atoms with E-state index in [2.05, 4.69) is 46.3 Å². The van der Waals surface area contributed by atoms with Crippen LogP contribution in [0.15, 0.2) is 136 Å². The molecule has 4 N–H and O–H groups in total. The average molecular weight is 1160 g/mol. The number of aliphatic hydroxyl groups excluding tert-OH is 2. The third-order valence-corrected chi connectivity index (χ3v) is 19.5. The van der Waals surface area contributed by atoms with Gasteiger partial charge in [0, 0.05) is 136 Å². The first kappa shape index (κ1) is 57.9. The number of piperazine rings is 2. The zero-order chi connectivity index (χ0) is 56.1. The Morgan fingerprint density at radius 2 is 1.39 bits per heavy atom. The maximum Gasteiger partial charge on any atom is 0.501 e. The van der Waals surface area contributed by atoms with E-state index in [1.165, 1.54) is 11.8 Å². The van der Waals surface area contributed by atoms with Crippen LogP contribution in [-0.4, -0.2) is 161 Å². The number of halogens is 4. The van der Waals surface area contributed by atoms with Gasteiger partial charge in [-0.25, -0.2) is 16.8 Å². The third-order valence-electron chi connectivity index (χ3n) is 15.1. The molecule has 5 aromatic carbocycles. The van der Waals surface area contributed by atoms with Gasteiger partial charge in [0.05, 0.1) is 34.6 Å².